The molecule has 8 nitrogen and oxygen atoms in total. The number of ether oxygens (including phenoxy) is 1. The molecule has 2 amide bonds. The Labute approximate surface area is 251 Å². The second-order valence-corrected chi connectivity index (χ2v) is 11.9. The number of carbonyl (C=O) groups excluding carboxylic acids is 2. The van der Waals surface area contributed by atoms with Gasteiger partial charge in [0.2, 0.25) is 0 Å². The number of nitrogens with zero attached hydrogens (tertiary/aromatic N) is 2. The van der Waals surface area contributed by atoms with Gasteiger partial charge in [-0.25, -0.2) is 8.42 Å². The molecule has 0 fully saturated rings. The minimum absolute atomic E-state index is 0.0427. The van der Waals surface area contributed by atoms with E-state index in [1.807, 2.05) is 48.5 Å². The molecule has 9 heteroatoms. The Hall–Kier alpha value is -5.15. The third-order valence-electron chi connectivity index (χ3n) is 7.09. The predicted molar refractivity (Wildman–Crippen MR) is 170 cm³/mol. The number of fused-ring (bicyclic) bond motifs is 1. The van der Waals surface area contributed by atoms with Crippen LogP contribution in [0.25, 0.3) is 21.9 Å². The van der Waals surface area contributed by atoms with Crippen LogP contribution < -0.4 is 14.4 Å². The fraction of sp³-hybridized carbons (Fsp3) is 0.118. The molecule has 0 spiro atoms. The summed E-state index contributed by atoms with van der Waals surface area (Å²) in [5, 5.41) is 1.65. The van der Waals surface area contributed by atoms with Gasteiger partial charge in [-0.1, -0.05) is 48.5 Å². The highest BCUT2D eigenvalue weighted by atomic mass is 32.2. The van der Waals surface area contributed by atoms with Crippen LogP contribution in [0.4, 0.5) is 11.4 Å². The summed E-state index contributed by atoms with van der Waals surface area (Å²) in [5.74, 6) is -0.124. The van der Waals surface area contributed by atoms with E-state index in [4.69, 9.17) is 4.74 Å². The molecule has 218 valence electrons. The number of hydrogen-bond acceptors (Lipinski definition) is 5. The van der Waals surface area contributed by atoms with E-state index >= 15 is 0 Å². The van der Waals surface area contributed by atoms with E-state index in [1.54, 1.807) is 80.6 Å². The molecule has 0 atom stereocenters. The summed E-state index contributed by atoms with van der Waals surface area (Å²) in [6, 6.07) is 31.7. The molecular weight excluding hydrogens is 562 g/mol. The van der Waals surface area contributed by atoms with Crippen molar-refractivity contribution >= 4 is 44.0 Å². The smallest absolute Gasteiger partial charge is 0.265 e. The first-order valence-corrected chi connectivity index (χ1v) is 15.0. The molecule has 0 radical (unpaired) electrons. The molecule has 0 aromatic heterocycles. The zero-order chi connectivity index (χ0) is 30.7. The Balaban J connectivity index is 1.46. The molecule has 0 bridgehead atoms. The molecule has 0 saturated carbocycles. The highest BCUT2D eigenvalue weighted by molar-refractivity contribution is 7.92. The molecule has 5 rings (SSSR count). The van der Waals surface area contributed by atoms with E-state index in [9.17, 15) is 18.0 Å². The van der Waals surface area contributed by atoms with Gasteiger partial charge in [0.25, 0.3) is 21.8 Å². The Morgan fingerprint density at radius 2 is 1.37 bits per heavy atom. The quantitative estimate of drug-likeness (QED) is 0.228. The van der Waals surface area contributed by atoms with Crippen molar-refractivity contribution in [2.75, 3.05) is 37.9 Å². The zero-order valence-electron chi connectivity index (χ0n) is 24.2. The first-order valence-electron chi connectivity index (χ1n) is 13.5. The lowest BCUT2D eigenvalue weighted by atomic mass is 10.0. The van der Waals surface area contributed by atoms with E-state index in [2.05, 4.69) is 4.72 Å². The summed E-state index contributed by atoms with van der Waals surface area (Å²) in [4.78, 5) is 28.5. The van der Waals surface area contributed by atoms with Crippen molar-refractivity contribution in [3.8, 4) is 16.9 Å². The highest BCUT2D eigenvalue weighted by Gasteiger charge is 2.22. The lowest BCUT2D eigenvalue weighted by Crippen LogP contribution is -2.26. The van der Waals surface area contributed by atoms with Gasteiger partial charge in [0.15, 0.2) is 0 Å². The van der Waals surface area contributed by atoms with Crippen molar-refractivity contribution in [3.63, 3.8) is 0 Å². The second kappa shape index (κ2) is 12.0. The van der Waals surface area contributed by atoms with Crippen LogP contribution >= 0.6 is 0 Å². The fourth-order valence-corrected chi connectivity index (χ4v) is 6.01. The molecule has 43 heavy (non-hydrogen) atoms. The standard InChI is InChI=1S/C34H31N3O5S/c1-36(2)33(38)27-12-8-11-25(19-27)26-15-18-31(42-4)32(22-26)43(40,41)35-29-16-13-23-14-17-30(21-28(23)20-29)37(3)34(39)24-9-6-5-7-10-24/h5-22,35H,1-4H3. The largest absolute Gasteiger partial charge is 0.495 e. The Bertz CT molecular complexity index is 1940. The average Bonchev–Trinajstić information content (AvgIpc) is 3.03. The van der Waals surface area contributed by atoms with Gasteiger partial charge in [0.1, 0.15) is 10.6 Å². The molecule has 5 aromatic carbocycles. The maximum Gasteiger partial charge on any atom is 0.265 e. The summed E-state index contributed by atoms with van der Waals surface area (Å²) >= 11 is 0. The lowest BCUT2D eigenvalue weighted by Gasteiger charge is -2.18. The summed E-state index contributed by atoms with van der Waals surface area (Å²) in [6.45, 7) is 0. The molecular formula is C34H31N3O5S. The number of nitrogens with one attached hydrogen (secondary N) is 1. The van der Waals surface area contributed by atoms with Gasteiger partial charge in [-0.2, -0.15) is 0 Å². The second-order valence-electron chi connectivity index (χ2n) is 10.2. The van der Waals surface area contributed by atoms with Crippen molar-refractivity contribution in [2.45, 2.75) is 4.90 Å². The minimum Gasteiger partial charge on any atom is -0.495 e. The van der Waals surface area contributed by atoms with Gasteiger partial charge in [-0.15, -0.1) is 0 Å². The van der Waals surface area contributed by atoms with Crippen LogP contribution in [-0.4, -0.2) is 53.4 Å². The number of hydrogen-bond donors (Lipinski definition) is 1. The van der Waals surface area contributed by atoms with E-state index < -0.39 is 10.0 Å². The molecule has 1 N–H and O–H groups in total. The van der Waals surface area contributed by atoms with Crippen LogP contribution in [0.5, 0.6) is 5.75 Å². The van der Waals surface area contributed by atoms with Gasteiger partial charge >= 0.3 is 0 Å². The maximum atomic E-state index is 13.7. The van der Waals surface area contributed by atoms with Crippen molar-refractivity contribution < 1.29 is 22.7 Å². The lowest BCUT2D eigenvalue weighted by molar-refractivity contribution is 0.0827. The van der Waals surface area contributed by atoms with Crippen molar-refractivity contribution in [3.05, 3.63) is 120 Å². The van der Waals surface area contributed by atoms with Crippen molar-refractivity contribution in [1.82, 2.24) is 4.90 Å². The van der Waals surface area contributed by atoms with Gasteiger partial charge in [-0.05, 0) is 82.6 Å². The van der Waals surface area contributed by atoms with Crippen LogP contribution in [0.1, 0.15) is 20.7 Å². The van der Waals surface area contributed by atoms with Gasteiger partial charge < -0.3 is 14.5 Å². The van der Waals surface area contributed by atoms with Crippen molar-refractivity contribution in [2.24, 2.45) is 0 Å². The molecule has 0 heterocycles. The third kappa shape index (κ3) is 6.22. The summed E-state index contributed by atoms with van der Waals surface area (Å²) < 4.78 is 35.4. The maximum absolute atomic E-state index is 13.7. The van der Waals surface area contributed by atoms with E-state index in [0.29, 0.717) is 33.6 Å². The van der Waals surface area contributed by atoms with Crippen molar-refractivity contribution in [1.29, 1.82) is 0 Å². The number of methoxy groups -OCH3 is 1. The Morgan fingerprint density at radius 1 is 0.674 bits per heavy atom. The minimum atomic E-state index is -4.09. The first-order chi connectivity index (χ1) is 20.6. The molecule has 0 saturated heterocycles. The van der Waals surface area contributed by atoms with Gasteiger partial charge in [-0.3, -0.25) is 14.3 Å². The average molecular weight is 594 g/mol. The van der Waals surface area contributed by atoms with Gasteiger partial charge in [0.05, 0.1) is 7.11 Å². The molecule has 0 aliphatic heterocycles. The van der Waals surface area contributed by atoms with Gasteiger partial charge in [0, 0.05) is 43.6 Å². The highest BCUT2D eigenvalue weighted by Crippen LogP contribution is 2.33. The first kappa shape index (κ1) is 29.3. The molecule has 0 aliphatic carbocycles. The molecule has 0 aliphatic rings. The van der Waals surface area contributed by atoms with Crippen LogP contribution in [0.2, 0.25) is 0 Å². The number of sulfonamides is 1. The monoisotopic (exact) mass is 593 g/mol. The topological polar surface area (TPSA) is 96.0 Å². The summed E-state index contributed by atoms with van der Waals surface area (Å²) in [5.41, 5.74) is 3.40. The summed E-state index contributed by atoms with van der Waals surface area (Å²) in [6.07, 6.45) is 0. The molecule has 0 unspecified atom stereocenters. The molecule has 5 aromatic rings. The predicted octanol–water partition coefficient (Wildman–Crippen LogP) is 6.29. The number of anilines is 2. The van der Waals surface area contributed by atoms with Crippen LogP contribution in [-0.2, 0) is 10.0 Å². The fourth-order valence-electron chi connectivity index (χ4n) is 4.76. The van der Waals surface area contributed by atoms with E-state index in [1.165, 1.54) is 18.1 Å². The number of amides is 2. The number of carbonyl (C=O) groups is 2. The third-order valence-corrected chi connectivity index (χ3v) is 8.49. The Morgan fingerprint density at radius 3 is 2.09 bits per heavy atom. The van der Waals surface area contributed by atoms with E-state index in [0.717, 1.165) is 10.8 Å². The Kier molecular flexibility index (Phi) is 8.18. The zero-order valence-corrected chi connectivity index (χ0v) is 25.1. The summed E-state index contributed by atoms with van der Waals surface area (Å²) in [7, 11) is 2.38. The van der Waals surface area contributed by atoms with Crippen LogP contribution in [0, 0.1) is 0 Å². The van der Waals surface area contributed by atoms with Crippen LogP contribution in [0.3, 0.4) is 0 Å². The SMILES string of the molecule is COc1ccc(-c2cccc(C(=O)N(C)C)c2)cc1S(=O)(=O)Nc1ccc2ccc(N(C)C(=O)c3ccccc3)cc2c1. The van der Waals surface area contributed by atoms with E-state index in [-0.39, 0.29) is 22.5 Å². The normalized spacial score (nSPS) is 11.2. The number of benzene rings is 5. The number of rotatable bonds is 8. The van der Waals surface area contributed by atoms with Crippen LogP contribution in [0.15, 0.2) is 114 Å².